The molecule has 0 spiro atoms. The number of ether oxygens (including phenoxy) is 1. The van der Waals surface area contributed by atoms with Crippen LogP contribution in [0.15, 0.2) is 24.3 Å². The first-order valence-electron chi connectivity index (χ1n) is 23.6. The maximum absolute atomic E-state index is 12.4. The van der Waals surface area contributed by atoms with E-state index < -0.39 is 12.1 Å². The van der Waals surface area contributed by atoms with Crippen molar-refractivity contribution in [1.82, 2.24) is 5.32 Å². The molecule has 0 aliphatic rings. The van der Waals surface area contributed by atoms with E-state index in [1.54, 1.807) is 0 Å². The number of nitrogens with one attached hydrogen (secondary N) is 1. The average Bonchev–Trinajstić information content (AvgIpc) is 3.17. The number of carbonyl (C=O) groups excluding carboxylic acids is 2. The molecule has 0 fully saturated rings. The van der Waals surface area contributed by atoms with E-state index >= 15 is 0 Å². The second-order valence-electron chi connectivity index (χ2n) is 16.1. The van der Waals surface area contributed by atoms with Crippen LogP contribution in [0.4, 0.5) is 0 Å². The standard InChI is InChI=1S/C48H91NO5/c1-3-5-7-9-11-13-15-16-17-18-19-20-22-24-28-32-36-40-46(51)45(44-50)49-47(52)41-37-33-29-25-23-27-31-35-39-43-54-48(53)42-38-34-30-26-21-14-12-10-8-6-4-2/h10,12,25,29,45-46,50-51H,3-9,11,13-24,26-28,30-44H2,1-2H3,(H,49,52)/b12-10-,29-25-. The highest BCUT2D eigenvalue weighted by atomic mass is 16.5. The number of amides is 1. The highest BCUT2D eigenvalue weighted by Crippen LogP contribution is 2.16. The largest absolute Gasteiger partial charge is 0.466 e. The first-order valence-corrected chi connectivity index (χ1v) is 23.6. The van der Waals surface area contributed by atoms with Crippen molar-refractivity contribution in [2.45, 2.75) is 257 Å². The lowest BCUT2D eigenvalue weighted by Gasteiger charge is -2.22. The smallest absolute Gasteiger partial charge is 0.305 e. The maximum Gasteiger partial charge on any atom is 0.305 e. The van der Waals surface area contributed by atoms with Gasteiger partial charge in [-0.05, 0) is 64.2 Å². The molecule has 0 bridgehead atoms. The van der Waals surface area contributed by atoms with Gasteiger partial charge < -0.3 is 20.3 Å². The minimum absolute atomic E-state index is 0.0470. The Kier molecular flexibility index (Phi) is 42.7. The highest BCUT2D eigenvalue weighted by Gasteiger charge is 2.19. The molecule has 3 N–H and O–H groups in total. The first kappa shape index (κ1) is 52.3. The van der Waals surface area contributed by atoms with E-state index in [0.717, 1.165) is 70.6 Å². The monoisotopic (exact) mass is 762 g/mol. The van der Waals surface area contributed by atoms with Gasteiger partial charge in [-0.1, -0.05) is 192 Å². The number of rotatable bonds is 43. The van der Waals surface area contributed by atoms with Crippen molar-refractivity contribution in [2.75, 3.05) is 13.2 Å². The fourth-order valence-electron chi connectivity index (χ4n) is 7.03. The molecule has 1 amide bonds. The minimum atomic E-state index is -0.695. The van der Waals surface area contributed by atoms with Gasteiger partial charge in [-0.15, -0.1) is 0 Å². The molecule has 0 saturated carbocycles. The third-order valence-electron chi connectivity index (χ3n) is 10.7. The Hall–Kier alpha value is -1.66. The Labute approximate surface area is 335 Å². The molecule has 0 radical (unpaired) electrons. The van der Waals surface area contributed by atoms with Crippen molar-refractivity contribution in [2.24, 2.45) is 0 Å². The molecule has 0 rings (SSSR count). The van der Waals surface area contributed by atoms with Crippen molar-refractivity contribution in [3.8, 4) is 0 Å². The molecule has 54 heavy (non-hydrogen) atoms. The molecular weight excluding hydrogens is 671 g/mol. The summed E-state index contributed by atoms with van der Waals surface area (Å²) in [6.45, 7) is 4.81. The zero-order chi connectivity index (χ0) is 39.4. The Morgan fingerprint density at radius 3 is 1.41 bits per heavy atom. The van der Waals surface area contributed by atoms with Crippen LogP contribution in [0, 0.1) is 0 Å². The molecule has 0 aromatic carbocycles. The van der Waals surface area contributed by atoms with Gasteiger partial charge in [-0.3, -0.25) is 9.59 Å². The topological polar surface area (TPSA) is 95.9 Å². The summed E-state index contributed by atoms with van der Waals surface area (Å²) in [4.78, 5) is 24.4. The quantitative estimate of drug-likeness (QED) is 0.0327. The van der Waals surface area contributed by atoms with Crippen LogP contribution in [-0.2, 0) is 14.3 Å². The van der Waals surface area contributed by atoms with Crippen molar-refractivity contribution < 1.29 is 24.5 Å². The van der Waals surface area contributed by atoms with Crippen LogP contribution < -0.4 is 5.32 Å². The van der Waals surface area contributed by atoms with E-state index in [1.807, 2.05) is 0 Å². The summed E-state index contributed by atoms with van der Waals surface area (Å²) >= 11 is 0. The number of aliphatic hydroxyl groups excluding tert-OH is 2. The van der Waals surface area contributed by atoms with E-state index in [4.69, 9.17) is 4.74 Å². The molecule has 2 atom stereocenters. The summed E-state index contributed by atoms with van der Waals surface area (Å²) in [6, 6.07) is -0.579. The van der Waals surface area contributed by atoms with Gasteiger partial charge in [0.1, 0.15) is 0 Å². The lowest BCUT2D eigenvalue weighted by Crippen LogP contribution is -2.45. The maximum atomic E-state index is 12.4. The van der Waals surface area contributed by atoms with E-state index in [-0.39, 0.29) is 18.5 Å². The molecule has 0 aliphatic carbocycles. The van der Waals surface area contributed by atoms with Crippen LogP contribution in [0.2, 0.25) is 0 Å². The van der Waals surface area contributed by atoms with Crippen molar-refractivity contribution >= 4 is 11.9 Å². The number of hydrogen-bond acceptors (Lipinski definition) is 5. The number of carbonyl (C=O) groups is 2. The third kappa shape index (κ3) is 40.0. The molecule has 2 unspecified atom stereocenters. The van der Waals surface area contributed by atoms with Gasteiger partial charge in [0, 0.05) is 12.8 Å². The zero-order valence-electron chi connectivity index (χ0n) is 36.0. The summed E-state index contributed by atoms with van der Waals surface area (Å²) in [5.41, 5.74) is 0. The Balaban J connectivity index is 3.57. The Morgan fingerprint density at radius 1 is 0.500 bits per heavy atom. The lowest BCUT2D eigenvalue weighted by atomic mass is 10.0. The summed E-state index contributed by atoms with van der Waals surface area (Å²) < 4.78 is 5.41. The van der Waals surface area contributed by atoms with Crippen LogP contribution in [-0.4, -0.2) is 47.4 Å². The average molecular weight is 762 g/mol. The molecular formula is C48H91NO5. The molecule has 6 nitrogen and oxygen atoms in total. The summed E-state index contributed by atoms with van der Waals surface area (Å²) in [5.74, 6) is -0.143. The molecule has 0 aliphatic heterocycles. The number of hydrogen-bond donors (Lipinski definition) is 3. The number of esters is 1. The molecule has 0 heterocycles. The van der Waals surface area contributed by atoms with E-state index in [9.17, 15) is 19.8 Å². The normalized spacial score (nSPS) is 12.9. The lowest BCUT2D eigenvalue weighted by molar-refractivity contribution is -0.143. The van der Waals surface area contributed by atoms with E-state index in [1.165, 1.54) is 141 Å². The molecule has 0 saturated heterocycles. The molecule has 318 valence electrons. The van der Waals surface area contributed by atoms with Gasteiger partial charge in [0.25, 0.3) is 0 Å². The van der Waals surface area contributed by atoms with E-state index in [0.29, 0.717) is 25.9 Å². The van der Waals surface area contributed by atoms with Gasteiger partial charge in [0.2, 0.25) is 5.91 Å². The minimum Gasteiger partial charge on any atom is -0.466 e. The SMILES string of the molecule is CCCC/C=C\CCCCCCCC(=O)OCCCCCC/C=C\CCCC(=O)NC(CO)C(O)CCCCCCCCCCCCCCCCCCC. The number of unbranched alkanes of at least 4 members (excludes halogenated alkanes) is 28. The predicted molar refractivity (Wildman–Crippen MR) is 232 cm³/mol. The van der Waals surface area contributed by atoms with Crippen LogP contribution >= 0.6 is 0 Å². The van der Waals surface area contributed by atoms with Gasteiger partial charge in [-0.25, -0.2) is 0 Å². The molecule has 6 heteroatoms. The first-order chi connectivity index (χ1) is 26.5. The summed E-state index contributed by atoms with van der Waals surface area (Å²) in [6.07, 6.45) is 50.0. The third-order valence-corrected chi connectivity index (χ3v) is 10.7. The fourth-order valence-corrected chi connectivity index (χ4v) is 7.03. The van der Waals surface area contributed by atoms with Crippen LogP contribution in [0.5, 0.6) is 0 Å². The number of aliphatic hydroxyl groups is 2. The Morgan fingerprint density at radius 2 is 0.907 bits per heavy atom. The van der Waals surface area contributed by atoms with Crippen molar-refractivity contribution in [3.63, 3.8) is 0 Å². The van der Waals surface area contributed by atoms with Crippen LogP contribution in [0.25, 0.3) is 0 Å². The molecule has 0 aromatic heterocycles. The van der Waals surface area contributed by atoms with Crippen LogP contribution in [0.1, 0.15) is 245 Å². The Bertz CT molecular complexity index is 843. The number of allylic oxidation sites excluding steroid dienone is 4. The van der Waals surface area contributed by atoms with Gasteiger partial charge in [-0.2, -0.15) is 0 Å². The van der Waals surface area contributed by atoms with E-state index in [2.05, 4.69) is 43.5 Å². The predicted octanol–water partition coefficient (Wildman–Crippen LogP) is 13.6. The second-order valence-corrected chi connectivity index (χ2v) is 16.1. The van der Waals surface area contributed by atoms with Crippen molar-refractivity contribution in [3.05, 3.63) is 24.3 Å². The van der Waals surface area contributed by atoms with Gasteiger partial charge in [0.05, 0.1) is 25.4 Å². The van der Waals surface area contributed by atoms with Gasteiger partial charge >= 0.3 is 5.97 Å². The van der Waals surface area contributed by atoms with Crippen LogP contribution in [0.3, 0.4) is 0 Å². The second kappa shape index (κ2) is 44.1. The highest BCUT2D eigenvalue weighted by molar-refractivity contribution is 5.76. The van der Waals surface area contributed by atoms with Crippen molar-refractivity contribution in [1.29, 1.82) is 0 Å². The zero-order valence-corrected chi connectivity index (χ0v) is 36.0. The molecule has 0 aromatic rings. The van der Waals surface area contributed by atoms with Gasteiger partial charge in [0.15, 0.2) is 0 Å². The fraction of sp³-hybridized carbons (Fsp3) is 0.875. The summed E-state index contributed by atoms with van der Waals surface area (Å²) in [5, 5.41) is 23.1. The summed E-state index contributed by atoms with van der Waals surface area (Å²) in [7, 11) is 0.